The highest BCUT2D eigenvalue weighted by Crippen LogP contribution is 2.25. The van der Waals surface area contributed by atoms with Crippen LogP contribution in [0.2, 0.25) is 0 Å². The van der Waals surface area contributed by atoms with E-state index in [1.165, 1.54) is 14.0 Å². The fraction of sp³-hybridized carbons (Fsp3) is 0.400. The number of allylic oxidation sites excluding steroid dienone is 1. The van der Waals surface area contributed by atoms with Crippen molar-refractivity contribution >= 4 is 33.9 Å². The third-order valence-corrected chi connectivity index (χ3v) is 3.86. The van der Waals surface area contributed by atoms with Crippen molar-refractivity contribution in [3.63, 3.8) is 0 Å². The van der Waals surface area contributed by atoms with Crippen LogP contribution in [0.25, 0.3) is 0 Å². The molecule has 0 fully saturated rings. The SMILES string of the molecule is C=C(C)CCC(NN)c1csc(I)c1. The van der Waals surface area contributed by atoms with Gasteiger partial charge in [-0.05, 0) is 59.4 Å². The first-order chi connectivity index (χ1) is 6.63. The summed E-state index contributed by atoms with van der Waals surface area (Å²) >= 11 is 4.08. The van der Waals surface area contributed by atoms with Gasteiger partial charge in [-0.25, -0.2) is 0 Å². The van der Waals surface area contributed by atoms with Gasteiger partial charge in [-0.3, -0.25) is 11.3 Å². The normalized spacial score (nSPS) is 12.8. The van der Waals surface area contributed by atoms with Crippen molar-refractivity contribution in [1.82, 2.24) is 5.43 Å². The Bertz CT molecular complexity index is 309. The minimum Gasteiger partial charge on any atom is -0.271 e. The van der Waals surface area contributed by atoms with Crippen molar-refractivity contribution in [2.24, 2.45) is 5.84 Å². The van der Waals surface area contributed by atoms with E-state index in [-0.39, 0.29) is 6.04 Å². The number of nitrogens with one attached hydrogen (secondary N) is 1. The van der Waals surface area contributed by atoms with E-state index < -0.39 is 0 Å². The Morgan fingerprint density at radius 3 is 2.93 bits per heavy atom. The maximum atomic E-state index is 5.52. The summed E-state index contributed by atoms with van der Waals surface area (Å²) in [4.78, 5) is 0. The quantitative estimate of drug-likeness (QED) is 0.378. The molecule has 0 aromatic carbocycles. The van der Waals surface area contributed by atoms with Crippen LogP contribution in [0.5, 0.6) is 0 Å². The average Bonchev–Trinajstić information content (AvgIpc) is 2.53. The summed E-state index contributed by atoms with van der Waals surface area (Å²) < 4.78 is 1.30. The summed E-state index contributed by atoms with van der Waals surface area (Å²) in [5, 5.41) is 2.16. The fourth-order valence-electron chi connectivity index (χ4n) is 1.24. The monoisotopic (exact) mass is 322 g/mol. The molecular weight excluding hydrogens is 307 g/mol. The predicted molar refractivity (Wildman–Crippen MR) is 71.1 cm³/mol. The van der Waals surface area contributed by atoms with E-state index in [2.05, 4.69) is 46.0 Å². The van der Waals surface area contributed by atoms with Crippen LogP contribution in [0.3, 0.4) is 0 Å². The van der Waals surface area contributed by atoms with Crippen molar-refractivity contribution in [2.75, 3.05) is 0 Å². The van der Waals surface area contributed by atoms with E-state index >= 15 is 0 Å². The molecule has 0 bridgehead atoms. The van der Waals surface area contributed by atoms with Gasteiger partial charge >= 0.3 is 0 Å². The molecule has 1 aromatic heterocycles. The molecule has 0 amide bonds. The van der Waals surface area contributed by atoms with Crippen LogP contribution in [-0.4, -0.2) is 0 Å². The Balaban J connectivity index is 2.58. The van der Waals surface area contributed by atoms with Gasteiger partial charge < -0.3 is 0 Å². The molecule has 1 heterocycles. The van der Waals surface area contributed by atoms with E-state index in [0.29, 0.717) is 0 Å². The topological polar surface area (TPSA) is 38.0 Å². The standard InChI is InChI=1S/C10H15IN2S/c1-7(2)3-4-9(13-12)8-5-10(11)14-6-8/h5-6,9,13H,1,3-4,12H2,2H3. The van der Waals surface area contributed by atoms with Crippen molar-refractivity contribution in [3.8, 4) is 0 Å². The third-order valence-electron chi connectivity index (χ3n) is 2.05. The average molecular weight is 322 g/mol. The van der Waals surface area contributed by atoms with Gasteiger partial charge in [-0.15, -0.1) is 17.9 Å². The van der Waals surface area contributed by atoms with Gasteiger partial charge in [0.05, 0.1) is 2.88 Å². The summed E-state index contributed by atoms with van der Waals surface area (Å²) in [6.07, 6.45) is 2.03. The molecule has 0 aliphatic carbocycles. The van der Waals surface area contributed by atoms with Crippen LogP contribution in [0.4, 0.5) is 0 Å². The fourth-order valence-corrected chi connectivity index (χ4v) is 2.67. The maximum absolute atomic E-state index is 5.52. The molecule has 0 saturated carbocycles. The highest BCUT2D eigenvalue weighted by Gasteiger charge is 2.10. The Labute approximate surface area is 103 Å². The second kappa shape index (κ2) is 5.85. The molecule has 78 valence electrons. The van der Waals surface area contributed by atoms with Gasteiger partial charge in [0.1, 0.15) is 0 Å². The van der Waals surface area contributed by atoms with Crippen LogP contribution in [0.15, 0.2) is 23.6 Å². The first-order valence-electron chi connectivity index (χ1n) is 4.48. The Morgan fingerprint density at radius 1 is 1.79 bits per heavy atom. The third kappa shape index (κ3) is 3.68. The van der Waals surface area contributed by atoms with E-state index in [1.807, 2.05) is 6.92 Å². The van der Waals surface area contributed by atoms with Gasteiger partial charge in [0.2, 0.25) is 0 Å². The first kappa shape index (κ1) is 12.2. The lowest BCUT2D eigenvalue weighted by molar-refractivity contribution is 0.517. The number of hydrazine groups is 1. The smallest absolute Gasteiger partial charge is 0.0656 e. The molecule has 1 atom stereocenters. The zero-order valence-electron chi connectivity index (χ0n) is 8.22. The van der Waals surface area contributed by atoms with Crippen LogP contribution >= 0.6 is 33.9 Å². The number of thiophene rings is 1. The summed E-state index contributed by atoms with van der Waals surface area (Å²) in [6, 6.07) is 2.43. The summed E-state index contributed by atoms with van der Waals surface area (Å²) in [6.45, 7) is 5.94. The van der Waals surface area contributed by atoms with Gasteiger partial charge in [-0.2, -0.15) is 0 Å². The van der Waals surface area contributed by atoms with Crippen LogP contribution < -0.4 is 11.3 Å². The lowest BCUT2D eigenvalue weighted by atomic mass is 10.0. The van der Waals surface area contributed by atoms with E-state index in [0.717, 1.165) is 12.8 Å². The molecule has 3 N–H and O–H groups in total. The summed E-state index contributed by atoms with van der Waals surface area (Å²) in [5.41, 5.74) is 5.33. The molecule has 1 aromatic rings. The van der Waals surface area contributed by atoms with Crippen molar-refractivity contribution in [1.29, 1.82) is 0 Å². The Hall–Kier alpha value is 0.0900. The Morgan fingerprint density at radius 2 is 2.50 bits per heavy atom. The number of hydrogen-bond acceptors (Lipinski definition) is 3. The minimum atomic E-state index is 0.256. The summed E-state index contributed by atoms with van der Waals surface area (Å²) in [7, 11) is 0. The molecule has 0 spiro atoms. The van der Waals surface area contributed by atoms with E-state index in [1.54, 1.807) is 11.3 Å². The van der Waals surface area contributed by atoms with Crippen LogP contribution in [0, 0.1) is 2.88 Å². The maximum Gasteiger partial charge on any atom is 0.0656 e. The summed E-state index contributed by atoms with van der Waals surface area (Å²) in [5.74, 6) is 5.52. The zero-order valence-corrected chi connectivity index (χ0v) is 11.2. The number of hydrogen-bond donors (Lipinski definition) is 2. The van der Waals surface area contributed by atoms with Gasteiger partial charge in [-0.1, -0.05) is 5.57 Å². The highest BCUT2D eigenvalue weighted by atomic mass is 127. The second-order valence-corrected chi connectivity index (χ2v) is 6.20. The largest absolute Gasteiger partial charge is 0.271 e. The molecule has 2 nitrogen and oxygen atoms in total. The molecule has 4 heteroatoms. The molecule has 0 aliphatic rings. The van der Waals surface area contributed by atoms with Gasteiger partial charge in [0.25, 0.3) is 0 Å². The minimum absolute atomic E-state index is 0.256. The lowest BCUT2D eigenvalue weighted by Crippen LogP contribution is -2.27. The number of halogens is 1. The highest BCUT2D eigenvalue weighted by molar-refractivity contribution is 14.1. The van der Waals surface area contributed by atoms with Crippen molar-refractivity contribution in [3.05, 3.63) is 32.0 Å². The second-order valence-electron chi connectivity index (χ2n) is 3.40. The molecule has 1 unspecified atom stereocenters. The molecule has 14 heavy (non-hydrogen) atoms. The van der Waals surface area contributed by atoms with Gasteiger partial charge in [0, 0.05) is 6.04 Å². The molecular formula is C10H15IN2S. The Kier molecular flexibility index (Phi) is 5.08. The molecule has 1 rings (SSSR count). The van der Waals surface area contributed by atoms with Crippen molar-refractivity contribution < 1.29 is 0 Å². The molecule has 0 aliphatic heterocycles. The number of nitrogens with two attached hydrogens (primary N) is 1. The lowest BCUT2D eigenvalue weighted by Gasteiger charge is -2.14. The molecule has 0 radical (unpaired) electrons. The molecule has 0 saturated heterocycles. The van der Waals surface area contributed by atoms with Crippen LogP contribution in [-0.2, 0) is 0 Å². The van der Waals surface area contributed by atoms with E-state index in [9.17, 15) is 0 Å². The van der Waals surface area contributed by atoms with Crippen LogP contribution in [0.1, 0.15) is 31.4 Å². The van der Waals surface area contributed by atoms with E-state index in [4.69, 9.17) is 5.84 Å². The number of rotatable bonds is 5. The van der Waals surface area contributed by atoms with Crippen molar-refractivity contribution in [2.45, 2.75) is 25.8 Å². The predicted octanol–water partition coefficient (Wildman–Crippen LogP) is 3.21. The first-order valence-corrected chi connectivity index (χ1v) is 6.43. The zero-order chi connectivity index (χ0) is 10.6. The van der Waals surface area contributed by atoms with Gasteiger partial charge in [0.15, 0.2) is 0 Å².